The number of rotatable bonds is 2. The van der Waals surface area contributed by atoms with Crippen LogP contribution in [0.3, 0.4) is 0 Å². The van der Waals surface area contributed by atoms with E-state index in [-0.39, 0.29) is 23.9 Å². The minimum Gasteiger partial charge on any atom is -0.308 e. The lowest BCUT2D eigenvalue weighted by molar-refractivity contribution is -0.143. The molecule has 2 amide bonds. The number of amides is 2. The molecule has 0 saturated heterocycles. The Kier molecular flexibility index (Phi) is 5.53. The highest BCUT2D eigenvalue weighted by molar-refractivity contribution is 5.99. The molecule has 0 heterocycles. The molecule has 0 saturated carbocycles. The van der Waals surface area contributed by atoms with Gasteiger partial charge in [-0.15, -0.1) is 0 Å². The van der Waals surface area contributed by atoms with E-state index in [1.165, 1.54) is 0 Å². The maximum absolute atomic E-state index is 12.8. The Balaban J connectivity index is 2.26. The van der Waals surface area contributed by atoms with Crippen LogP contribution in [-0.2, 0) is 18.5 Å². The molecular weight excluding hydrogens is 407 g/mol. The monoisotopic (exact) mass is 416 g/mol. The van der Waals surface area contributed by atoms with Crippen molar-refractivity contribution in [1.29, 1.82) is 0 Å². The van der Waals surface area contributed by atoms with Crippen molar-refractivity contribution in [2.24, 2.45) is 0 Å². The minimum atomic E-state index is -5.12. The Morgan fingerprint density at radius 1 is 0.607 bits per heavy atom. The molecule has 2 N–H and O–H groups in total. The van der Waals surface area contributed by atoms with Crippen LogP contribution in [0.25, 0.3) is 0 Å². The van der Waals surface area contributed by atoms with Gasteiger partial charge < -0.3 is 10.6 Å². The van der Waals surface area contributed by atoms with Gasteiger partial charge in [0, 0.05) is 11.4 Å². The standard InChI is InChI=1S/C16H9F9N2O/c17-14(18,19)8-2-1-3-11(5-8)26-13(28)27-12-6-9(15(20,21)22)4-10(7-12)16(23,24)25/h1-7H,(H2,26,27,28). The SMILES string of the molecule is O=C(Nc1cccc(C(F)(F)F)c1)Nc1cc(C(F)(F)F)cc(C(F)(F)F)c1. The average Bonchev–Trinajstić information content (AvgIpc) is 2.52. The summed E-state index contributed by atoms with van der Waals surface area (Å²) in [6.07, 6.45) is -14.9. The summed E-state index contributed by atoms with van der Waals surface area (Å²) in [7, 11) is 0. The average molecular weight is 416 g/mol. The molecule has 2 rings (SSSR count). The van der Waals surface area contributed by atoms with Crippen LogP contribution in [0.5, 0.6) is 0 Å². The highest BCUT2D eigenvalue weighted by Crippen LogP contribution is 2.37. The molecule has 2 aromatic carbocycles. The Labute approximate surface area is 151 Å². The molecule has 0 unspecified atom stereocenters. The molecule has 152 valence electrons. The molecule has 0 aliphatic rings. The van der Waals surface area contributed by atoms with Crippen molar-refractivity contribution in [3.63, 3.8) is 0 Å². The van der Waals surface area contributed by atoms with Gasteiger partial charge >= 0.3 is 24.6 Å². The fourth-order valence-electron chi connectivity index (χ4n) is 2.09. The predicted octanol–water partition coefficient (Wildman–Crippen LogP) is 6.39. The fraction of sp³-hybridized carbons (Fsp3) is 0.188. The third kappa shape index (κ3) is 5.54. The Morgan fingerprint density at radius 3 is 1.50 bits per heavy atom. The van der Waals surface area contributed by atoms with Crippen LogP contribution < -0.4 is 10.6 Å². The molecule has 12 heteroatoms. The van der Waals surface area contributed by atoms with E-state index >= 15 is 0 Å². The van der Waals surface area contributed by atoms with Crippen LogP contribution >= 0.6 is 0 Å². The number of hydrogen-bond donors (Lipinski definition) is 2. The highest BCUT2D eigenvalue weighted by atomic mass is 19.4. The van der Waals surface area contributed by atoms with Crippen LogP contribution in [0.15, 0.2) is 42.5 Å². The smallest absolute Gasteiger partial charge is 0.308 e. The zero-order chi connectivity index (χ0) is 21.3. The third-order valence-electron chi connectivity index (χ3n) is 3.29. The first-order chi connectivity index (χ1) is 12.7. The zero-order valence-electron chi connectivity index (χ0n) is 13.4. The molecule has 0 aliphatic heterocycles. The molecule has 0 bridgehead atoms. The number of urea groups is 1. The molecule has 28 heavy (non-hydrogen) atoms. The summed E-state index contributed by atoms with van der Waals surface area (Å²) < 4.78 is 115. The van der Waals surface area contributed by atoms with Crippen molar-refractivity contribution < 1.29 is 44.3 Å². The predicted molar refractivity (Wildman–Crippen MR) is 80.5 cm³/mol. The number of carbonyl (C=O) groups excluding carboxylic acids is 1. The van der Waals surface area contributed by atoms with E-state index in [0.29, 0.717) is 12.1 Å². The largest absolute Gasteiger partial charge is 0.416 e. The summed E-state index contributed by atoms with van der Waals surface area (Å²) in [4.78, 5) is 11.8. The number of carbonyl (C=O) groups is 1. The Hall–Kier alpha value is -2.92. The molecule has 0 spiro atoms. The molecule has 0 aromatic heterocycles. The first kappa shape index (κ1) is 21.4. The molecule has 0 radical (unpaired) electrons. The van der Waals surface area contributed by atoms with Crippen molar-refractivity contribution in [3.8, 4) is 0 Å². The van der Waals surface area contributed by atoms with E-state index in [1.807, 2.05) is 5.32 Å². The van der Waals surface area contributed by atoms with Gasteiger partial charge in [-0.05, 0) is 36.4 Å². The van der Waals surface area contributed by atoms with Gasteiger partial charge in [0.15, 0.2) is 0 Å². The Morgan fingerprint density at radius 2 is 1.04 bits per heavy atom. The Bertz CT molecular complexity index is 837. The molecule has 0 aliphatic carbocycles. The molecule has 0 fully saturated rings. The summed E-state index contributed by atoms with van der Waals surface area (Å²) in [5, 5.41) is 3.65. The lowest BCUT2D eigenvalue weighted by Gasteiger charge is -2.15. The van der Waals surface area contributed by atoms with Gasteiger partial charge in [0.2, 0.25) is 0 Å². The summed E-state index contributed by atoms with van der Waals surface area (Å²) in [6.45, 7) is 0. The van der Waals surface area contributed by atoms with E-state index in [0.717, 1.165) is 12.1 Å². The highest BCUT2D eigenvalue weighted by Gasteiger charge is 2.37. The van der Waals surface area contributed by atoms with Crippen LogP contribution in [-0.4, -0.2) is 6.03 Å². The van der Waals surface area contributed by atoms with Crippen LogP contribution in [0.1, 0.15) is 16.7 Å². The molecule has 3 nitrogen and oxygen atoms in total. The van der Waals surface area contributed by atoms with Crippen molar-refractivity contribution in [2.45, 2.75) is 18.5 Å². The maximum atomic E-state index is 12.8. The minimum absolute atomic E-state index is 0.129. The van der Waals surface area contributed by atoms with Crippen molar-refractivity contribution in [3.05, 3.63) is 59.2 Å². The van der Waals surface area contributed by atoms with Crippen molar-refractivity contribution in [2.75, 3.05) is 10.6 Å². The van der Waals surface area contributed by atoms with E-state index in [9.17, 15) is 44.3 Å². The van der Waals surface area contributed by atoms with E-state index in [1.54, 1.807) is 5.32 Å². The van der Waals surface area contributed by atoms with Crippen LogP contribution in [0.2, 0.25) is 0 Å². The number of halogens is 9. The number of alkyl halides is 9. The van der Waals surface area contributed by atoms with Gasteiger partial charge in [0.1, 0.15) is 0 Å². The van der Waals surface area contributed by atoms with Gasteiger partial charge in [-0.2, -0.15) is 39.5 Å². The first-order valence-electron chi connectivity index (χ1n) is 7.21. The van der Waals surface area contributed by atoms with E-state index < -0.39 is 46.9 Å². The summed E-state index contributed by atoms with van der Waals surface area (Å²) >= 11 is 0. The zero-order valence-corrected chi connectivity index (χ0v) is 13.4. The summed E-state index contributed by atoms with van der Waals surface area (Å²) in [6, 6.07) is 2.36. The summed E-state index contributed by atoms with van der Waals surface area (Å²) in [5.74, 6) is 0. The number of nitrogens with one attached hydrogen (secondary N) is 2. The van der Waals surface area contributed by atoms with Gasteiger partial charge in [0.25, 0.3) is 0 Å². The molecule has 0 atom stereocenters. The van der Waals surface area contributed by atoms with Gasteiger partial charge in [-0.3, -0.25) is 0 Å². The van der Waals surface area contributed by atoms with Crippen molar-refractivity contribution >= 4 is 17.4 Å². The maximum Gasteiger partial charge on any atom is 0.416 e. The second-order valence-corrected chi connectivity index (χ2v) is 5.45. The van der Waals surface area contributed by atoms with E-state index in [2.05, 4.69) is 0 Å². The van der Waals surface area contributed by atoms with E-state index in [4.69, 9.17) is 0 Å². The van der Waals surface area contributed by atoms with Crippen molar-refractivity contribution in [1.82, 2.24) is 0 Å². The number of anilines is 2. The molecule has 2 aromatic rings. The topological polar surface area (TPSA) is 41.1 Å². The van der Waals surface area contributed by atoms with Gasteiger partial charge in [-0.1, -0.05) is 6.07 Å². The van der Waals surface area contributed by atoms with Gasteiger partial charge in [0.05, 0.1) is 16.7 Å². The normalized spacial score (nSPS) is 12.6. The summed E-state index contributed by atoms with van der Waals surface area (Å²) in [5.41, 5.74) is -5.63. The number of benzene rings is 2. The van der Waals surface area contributed by atoms with Crippen LogP contribution in [0.4, 0.5) is 55.7 Å². The second-order valence-electron chi connectivity index (χ2n) is 5.45. The quantitative estimate of drug-likeness (QED) is 0.548. The lowest BCUT2D eigenvalue weighted by atomic mass is 10.1. The lowest BCUT2D eigenvalue weighted by Crippen LogP contribution is -2.21. The van der Waals surface area contributed by atoms with Gasteiger partial charge in [-0.25, -0.2) is 4.79 Å². The fourth-order valence-corrected chi connectivity index (χ4v) is 2.09. The first-order valence-corrected chi connectivity index (χ1v) is 7.21. The number of hydrogen-bond acceptors (Lipinski definition) is 1. The van der Waals surface area contributed by atoms with Crippen LogP contribution in [0, 0.1) is 0 Å². The molecular formula is C16H9F9N2O. The second kappa shape index (κ2) is 7.24. The third-order valence-corrected chi connectivity index (χ3v) is 3.29.